The normalized spacial score (nSPS) is 14.3. The topological polar surface area (TPSA) is 49.6 Å². The van der Waals surface area contributed by atoms with E-state index < -0.39 is 0 Å². The zero-order valence-corrected chi connectivity index (χ0v) is 18.0. The average molecular weight is 432 g/mol. The van der Waals surface area contributed by atoms with Crippen LogP contribution in [0, 0.1) is 6.92 Å². The van der Waals surface area contributed by atoms with E-state index in [1.165, 1.54) is 5.56 Å². The summed E-state index contributed by atoms with van der Waals surface area (Å²) >= 11 is 6.12. The summed E-state index contributed by atoms with van der Waals surface area (Å²) < 4.78 is 5.60. The monoisotopic (exact) mass is 431 g/mol. The lowest BCUT2D eigenvalue weighted by Crippen LogP contribution is -2.48. The number of aryl methyl sites for hydroxylation is 1. The molecule has 0 N–H and O–H groups in total. The van der Waals surface area contributed by atoms with Crippen molar-refractivity contribution >= 4 is 34.1 Å². The zero-order valence-electron chi connectivity index (χ0n) is 17.2. The van der Waals surface area contributed by atoms with Crippen molar-refractivity contribution in [2.45, 2.75) is 6.92 Å². The summed E-state index contributed by atoms with van der Waals surface area (Å²) in [7, 11) is 0. The van der Waals surface area contributed by atoms with E-state index in [0.717, 1.165) is 40.3 Å². The number of carbonyl (C=O) groups excluding carboxylic acids is 1. The van der Waals surface area contributed by atoms with Gasteiger partial charge in [0.25, 0.3) is 5.91 Å². The Labute approximate surface area is 185 Å². The Bertz CT molecular complexity index is 1240. The number of aromatic nitrogens is 1. The van der Waals surface area contributed by atoms with Gasteiger partial charge in [-0.1, -0.05) is 52.7 Å². The number of hydrogen-bond acceptors (Lipinski definition) is 4. The van der Waals surface area contributed by atoms with Gasteiger partial charge >= 0.3 is 0 Å². The number of carbonyl (C=O) groups is 1. The minimum absolute atomic E-state index is 0.0312. The molecule has 0 bridgehead atoms. The Hall–Kier alpha value is -3.31. The molecule has 1 amide bonds. The predicted octanol–water partition coefficient (Wildman–Crippen LogP) is 5.42. The second kappa shape index (κ2) is 8.08. The predicted molar refractivity (Wildman–Crippen MR) is 124 cm³/mol. The van der Waals surface area contributed by atoms with E-state index in [-0.39, 0.29) is 5.91 Å². The fourth-order valence-electron chi connectivity index (χ4n) is 4.01. The van der Waals surface area contributed by atoms with Gasteiger partial charge in [-0.2, -0.15) is 0 Å². The first kappa shape index (κ1) is 19.6. The fourth-order valence-corrected chi connectivity index (χ4v) is 4.20. The van der Waals surface area contributed by atoms with Gasteiger partial charge in [-0.25, -0.2) is 0 Å². The maximum absolute atomic E-state index is 13.2. The molecule has 5 nitrogen and oxygen atoms in total. The van der Waals surface area contributed by atoms with Crippen molar-refractivity contribution in [2.75, 3.05) is 31.1 Å². The van der Waals surface area contributed by atoms with Gasteiger partial charge in [-0.15, -0.1) is 0 Å². The van der Waals surface area contributed by atoms with Crippen molar-refractivity contribution < 1.29 is 9.32 Å². The summed E-state index contributed by atoms with van der Waals surface area (Å²) in [4.78, 5) is 17.4. The van der Waals surface area contributed by atoms with Crippen LogP contribution in [0.4, 0.5) is 5.69 Å². The number of hydrogen-bond donors (Lipinski definition) is 0. The molecule has 5 rings (SSSR count). The molecule has 1 aromatic heterocycles. The van der Waals surface area contributed by atoms with Crippen LogP contribution in [-0.4, -0.2) is 42.1 Å². The first-order valence-electron chi connectivity index (χ1n) is 10.3. The number of benzene rings is 3. The zero-order chi connectivity index (χ0) is 21.4. The molecule has 0 radical (unpaired) electrons. The van der Waals surface area contributed by atoms with Crippen LogP contribution in [0.3, 0.4) is 0 Å². The number of anilines is 1. The van der Waals surface area contributed by atoms with Gasteiger partial charge in [0, 0.05) is 48.0 Å². The number of nitrogens with zero attached hydrogens (tertiary/aromatic N) is 3. The third kappa shape index (κ3) is 3.89. The SMILES string of the molecule is Cc1ccc(-c2onc3ccc(C(=O)N4CCN(c5cccc(Cl)c5)CC4)cc23)cc1. The van der Waals surface area contributed by atoms with Crippen LogP contribution in [-0.2, 0) is 0 Å². The van der Waals surface area contributed by atoms with Gasteiger partial charge in [-0.05, 0) is 43.3 Å². The molecular formula is C25H22ClN3O2. The summed E-state index contributed by atoms with van der Waals surface area (Å²) in [6.07, 6.45) is 0. The highest BCUT2D eigenvalue weighted by molar-refractivity contribution is 6.30. The minimum atomic E-state index is 0.0312. The van der Waals surface area contributed by atoms with E-state index >= 15 is 0 Å². The molecule has 0 aliphatic carbocycles. The molecule has 0 unspecified atom stereocenters. The Morgan fingerprint density at radius 3 is 2.48 bits per heavy atom. The summed E-state index contributed by atoms with van der Waals surface area (Å²) in [6, 6.07) is 21.5. The minimum Gasteiger partial charge on any atom is -0.368 e. The molecule has 0 spiro atoms. The van der Waals surface area contributed by atoms with Crippen LogP contribution in [0.5, 0.6) is 0 Å². The van der Waals surface area contributed by atoms with Gasteiger partial charge < -0.3 is 14.3 Å². The summed E-state index contributed by atoms with van der Waals surface area (Å²) in [5.74, 6) is 0.721. The number of halogens is 1. The van der Waals surface area contributed by atoms with Crippen molar-refractivity contribution in [3.8, 4) is 11.3 Å². The van der Waals surface area contributed by atoms with Crippen molar-refractivity contribution in [3.63, 3.8) is 0 Å². The van der Waals surface area contributed by atoms with Gasteiger partial charge in [0.15, 0.2) is 5.76 Å². The first-order chi connectivity index (χ1) is 15.1. The standard InChI is InChI=1S/C25H22ClN3O2/c1-17-5-7-18(8-6-17)24-22-15-19(9-10-23(22)27-31-24)25(30)29-13-11-28(12-14-29)21-4-2-3-20(26)16-21/h2-10,15-16H,11-14H2,1H3. The van der Waals surface area contributed by atoms with Crippen molar-refractivity contribution in [1.29, 1.82) is 0 Å². The van der Waals surface area contributed by atoms with E-state index in [4.69, 9.17) is 16.1 Å². The van der Waals surface area contributed by atoms with Crippen LogP contribution >= 0.6 is 11.6 Å². The van der Waals surface area contributed by atoms with Crippen LogP contribution in [0.15, 0.2) is 71.3 Å². The van der Waals surface area contributed by atoms with Gasteiger partial charge in [0.05, 0.1) is 5.39 Å². The second-order valence-electron chi connectivity index (χ2n) is 7.87. The van der Waals surface area contributed by atoms with E-state index in [1.54, 1.807) is 0 Å². The highest BCUT2D eigenvalue weighted by Crippen LogP contribution is 2.30. The Kier molecular flexibility index (Phi) is 5.12. The van der Waals surface area contributed by atoms with Crippen LogP contribution in [0.1, 0.15) is 15.9 Å². The lowest BCUT2D eigenvalue weighted by atomic mass is 10.0. The third-order valence-corrected chi connectivity index (χ3v) is 6.01. The molecule has 1 aliphatic rings. The van der Waals surface area contributed by atoms with E-state index in [2.05, 4.69) is 16.1 Å². The number of amides is 1. The van der Waals surface area contributed by atoms with Crippen LogP contribution in [0.25, 0.3) is 22.2 Å². The Morgan fingerprint density at radius 1 is 0.968 bits per heavy atom. The molecule has 31 heavy (non-hydrogen) atoms. The third-order valence-electron chi connectivity index (χ3n) is 5.78. The molecule has 4 aromatic rings. The smallest absolute Gasteiger partial charge is 0.254 e. The molecule has 1 saturated heterocycles. The molecule has 1 fully saturated rings. The van der Waals surface area contributed by atoms with Crippen LogP contribution in [0.2, 0.25) is 5.02 Å². The number of fused-ring (bicyclic) bond motifs is 1. The molecule has 3 aromatic carbocycles. The summed E-state index contributed by atoms with van der Waals surface area (Å²) in [6.45, 7) is 4.92. The molecule has 1 aliphatic heterocycles. The molecular weight excluding hydrogens is 410 g/mol. The fraction of sp³-hybridized carbons (Fsp3) is 0.200. The quantitative estimate of drug-likeness (QED) is 0.434. The maximum atomic E-state index is 13.2. The van der Waals surface area contributed by atoms with E-state index in [1.807, 2.05) is 72.5 Å². The highest BCUT2D eigenvalue weighted by atomic mass is 35.5. The Balaban J connectivity index is 1.35. The summed E-state index contributed by atoms with van der Waals surface area (Å²) in [5, 5.41) is 5.74. The van der Waals surface area contributed by atoms with Gasteiger partial charge in [0.1, 0.15) is 5.52 Å². The molecule has 6 heteroatoms. The van der Waals surface area contributed by atoms with E-state index in [9.17, 15) is 4.79 Å². The van der Waals surface area contributed by atoms with E-state index in [0.29, 0.717) is 24.4 Å². The molecule has 0 atom stereocenters. The maximum Gasteiger partial charge on any atom is 0.254 e. The van der Waals surface area contributed by atoms with Gasteiger partial charge in [0.2, 0.25) is 0 Å². The number of rotatable bonds is 3. The molecule has 0 saturated carbocycles. The lowest BCUT2D eigenvalue weighted by molar-refractivity contribution is 0.0747. The Morgan fingerprint density at radius 2 is 1.74 bits per heavy atom. The van der Waals surface area contributed by atoms with Crippen molar-refractivity contribution in [1.82, 2.24) is 10.1 Å². The number of piperazine rings is 1. The lowest BCUT2D eigenvalue weighted by Gasteiger charge is -2.36. The highest BCUT2D eigenvalue weighted by Gasteiger charge is 2.23. The largest absolute Gasteiger partial charge is 0.368 e. The van der Waals surface area contributed by atoms with Gasteiger partial charge in [-0.3, -0.25) is 4.79 Å². The van der Waals surface area contributed by atoms with Crippen molar-refractivity contribution in [3.05, 3.63) is 82.9 Å². The molecule has 156 valence electrons. The van der Waals surface area contributed by atoms with Crippen LogP contribution < -0.4 is 4.90 Å². The first-order valence-corrected chi connectivity index (χ1v) is 10.7. The van der Waals surface area contributed by atoms with Crippen molar-refractivity contribution in [2.24, 2.45) is 0 Å². The summed E-state index contributed by atoms with van der Waals surface area (Å²) in [5.41, 5.74) is 4.62. The second-order valence-corrected chi connectivity index (χ2v) is 8.31. The molecule has 2 heterocycles. The average Bonchev–Trinajstić information content (AvgIpc) is 3.22.